The van der Waals surface area contributed by atoms with Gasteiger partial charge in [0.1, 0.15) is 5.56 Å². The van der Waals surface area contributed by atoms with E-state index < -0.39 is 5.97 Å². The molecule has 0 saturated carbocycles. The molecule has 1 saturated heterocycles. The highest BCUT2D eigenvalue weighted by Gasteiger charge is 2.32. The van der Waals surface area contributed by atoms with E-state index in [1.165, 1.54) is 6.20 Å². The molecule has 9 nitrogen and oxygen atoms in total. The molecule has 1 atom stereocenters. The Hall–Kier alpha value is -3.36. The zero-order valence-electron chi connectivity index (χ0n) is 14.7. The van der Waals surface area contributed by atoms with Crippen LogP contribution < -0.4 is 5.69 Å². The van der Waals surface area contributed by atoms with Crippen LogP contribution in [-0.4, -0.2) is 56.6 Å². The molecule has 0 aliphatic carbocycles. The number of H-pyrrole nitrogens is 3. The number of benzene rings is 1. The molecule has 0 spiro atoms. The Morgan fingerprint density at radius 3 is 2.93 bits per heavy atom. The van der Waals surface area contributed by atoms with E-state index in [1.807, 2.05) is 0 Å². The van der Waals surface area contributed by atoms with E-state index in [2.05, 4.69) is 20.2 Å². The van der Waals surface area contributed by atoms with Gasteiger partial charge in [-0.15, -0.1) is 0 Å². The summed E-state index contributed by atoms with van der Waals surface area (Å²) in [7, 11) is 0. The fourth-order valence-electron chi connectivity index (χ4n) is 3.51. The highest BCUT2D eigenvalue weighted by Crippen LogP contribution is 2.29. The van der Waals surface area contributed by atoms with Crippen LogP contribution in [0.3, 0.4) is 0 Å². The van der Waals surface area contributed by atoms with Gasteiger partial charge in [-0.2, -0.15) is 5.10 Å². The second-order valence-corrected chi connectivity index (χ2v) is 6.49. The molecule has 27 heavy (non-hydrogen) atoms. The summed E-state index contributed by atoms with van der Waals surface area (Å²) in [5.74, 6) is -0.529. The lowest BCUT2D eigenvalue weighted by Crippen LogP contribution is -2.28. The first-order valence-electron chi connectivity index (χ1n) is 8.78. The van der Waals surface area contributed by atoms with Crippen molar-refractivity contribution in [1.82, 2.24) is 25.1 Å². The van der Waals surface area contributed by atoms with Gasteiger partial charge in [0, 0.05) is 24.6 Å². The van der Waals surface area contributed by atoms with Gasteiger partial charge in [0.2, 0.25) is 0 Å². The van der Waals surface area contributed by atoms with Crippen molar-refractivity contribution in [3.05, 3.63) is 51.7 Å². The minimum Gasteiger partial charge on any atom is -0.462 e. The molecule has 140 valence electrons. The molecule has 3 aromatic rings. The monoisotopic (exact) mass is 369 g/mol. The number of hydrogen-bond donors (Lipinski definition) is 3. The Kier molecular flexibility index (Phi) is 4.27. The van der Waals surface area contributed by atoms with Crippen LogP contribution in [0, 0.1) is 0 Å². The number of fused-ring (bicyclic) bond motifs is 1. The molecular weight excluding hydrogens is 350 g/mol. The third-order valence-corrected chi connectivity index (χ3v) is 4.81. The minimum atomic E-state index is -0.409. The normalized spacial score (nSPS) is 16.8. The third-order valence-electron chi connectivity index (χ3n) is 4.81. The summed E-state index contributed by atoms with van der Waals surface area (Å²) in [6, 6.07) is 5.08. The number of hydrogen-bond acceptors (Lipinski definition) is 5. The molecule has 3 N–H and O–H groups in total. The molecule has 1 aromatic carbocycles. The molecule has 1 aliphatic heterocycles. The third kappa shape index (κ3) is 3.12. The summed E-state index contributed by atoms with van der Waals surface area (Å²) in [6.45, 7) is 3.10. The quantitative estimate of drug-likeness (QED) is 0.600. The SMILES string of the molecule is CCOC(=O)c1cn[nH]c1C1CCN(C(=O)c2ccc3[nH]c(=O)[nH]c3c2)C1. The number of aromatic nitrogens is 4. The highest BCUT2D eigenvalue weighted by molar-refractivity contribution is 5.97. The van der Waals surface area contributed by atoms with Crippen LogP contribution in [0.15, 0.2) is 29.2 Å². The van der Waals surface area contributed by atoms with Crippen molar-refractivity contribution in [3.63, 3.8) is 0 Å². The number of rotatable bonds is 4. The first-order valence-corrected chi connectivity index (χ1v) is 8.78. The van der Waals surface area contributed by atoms with E-state index in [9.17, 15) is 14.4 Å². The first-order chi connectivity index (χ1) is 13.1. The maximum Gasteiger partial charge on any atom is 0.341 e. The van der Waals surface area contributed by atoms with Gasteiger partial charge in [0.25, 0.3) is 5.91 Å². The second-order valence-electron chi connectivity index (χ2n) is 6.49. The number of carbonyl (C=O) groups is 2. The maximum absolute atomic E-state index is 12.8. The summed E-state index contributed by atoms with van der Waals surface area (Å²) in [6.07, 6.45) is 2.19. The predicted octanol–water partition coefficient (Wildman–Crippen LogP) is 1.39. The minimum absolute atomic E-state index is 0.00773. The zero-order valence-corrected chi connectivity index (χ0v) is 14.7. The van der Waals surface area contributed by atoms with Crippen LogP contribution in [0.5, 0.6) is 0 Å². The Bertz CT molecular complexity index is 1060. The van der Waals surface area contributed by atoms with Gasteiger partial charge in [-0.25, -0.2) is 9.59 Å². The molecule has 1 fully saturated rings. The van der Waals surface area contributed by atoms with Crippen molar-refractivity contribution in [1.29, 1.82) is 0 Å². The van der Waals surface area contributed by atoms with Crippen LogP contribution in [0.2, 0.25) is 0 Å². The molecule has 1 aliphatic rings. The Morgan fingerprint density at radius 1 is 1.30 bits per heavy atom. The van der Waals surface area contributed by atoms with Crippen molar-refractivity contribution in [3.8, 4) is 0 Å². The van der Waals surface area contributed by atoms with Crippen LogP contribution in [-0.2, 0) is 4.74 Å². The molecular formula is C18H19N5O4. The summed E-state index contributed by atoms with van der Waals surface area (Å²) >= 11 is 0. The van der Waals surface area contributed by atoms with Crippen LogP contribution in [0.1, 0.15) is 45.7 Å². The fourth-order valence-corrected chi connectivity index (χ4v) is 3.51. The largest absolute Gasteiger partial charge is 0.462 e. The Labute approximate surface area is 153 Å². The average molecular weight is 369 g/mol. The number of amides is 1. The number of nitrogens with one attached hydrogen (secondary N) is 3. The molecule has 1 amide bonds. The van der Waals surface area contributed by atoms with Gasteiger partial charge in [-0.3, -0.25) is 9.89 Å². The van der Waals surface area contributed by atoms with E-state index in [4.69, 9.17) is 4.74 Å². The fraction of sp³-hybridized carbons (Fsp3) is 0.333. The number of ether oxygens (including phenoxy) is 1. The van der Waals surface area contributed by atoms with Gasteiger partial charge in [0.05, 0.1) is 29.5 Å². The van der Waals surface area contributed by atoms with Crippen molar-refractivity contribution in [2.24, 2.45) is 0 Å². The molecule has 9 heteroatoms. The molecule has 1 unspecified atom stereocenters. The van der Waals surface area contributed by atoms with Crippen molar-refractivity contribution in [2.75, 3.05) is 19.7 Å². The van der Waals surface area contributed by atoms with Gasteiger partial charge in [-0.1, -0.05) is 0 Å². The number of nitrogens with zero attached hydrogens (tertiary/aromatic N) is 2. The molecule has 4 rings (SSSR count). The standard InChI is InChI=1S/C18H19N5O4/c1-2-27-17(25)12-8-19-22-15(12)11-5-6-23(9-11)16(24)10-3-4-13-14(7-10)21-18(26)20-13/h3-4,7-8,11H,2,5-6,9H2,1H3,(H,19,22)(H2,20,21,26). The molecule has 0 radical (unpaired) electrons. The Morgan fingerprint density at radius 2 is 2.11 bits per heavy atom. The number of esters is 1. The van der Waals surface area contributed by atoms with Crippen LogP contribution >= 0.6 is 0 Å². The maximum atomic E-state index is 12.8. The van der Waals surface area contributed by atoms with E-state index >= 15 is 0 Å². The van der Waals surface area contributed by atoms with E-state index in [0.717, 1.165) is 6.42 Å². The lowest BCUT2D eigenvalue weighted by atomic mass is 10.0. The van der Waals surface area contributed by atoms with Gasteiger partial charge in [0.15, 0.2) is 0 Å². The number of aromatic amines is 3. The average Bonchev–Trinajstić information content (AvgIpc) is 3.38. The summed E-state index contributed by atoms with van der Waals surface area (Å²) in [4.78, 5) is 43.3. The van der Waals surface area contributed by atoms with Gasteiger partial charge >= 0.3 is 11.7 Å². The summed E-state index contributed by atoms with van der Waals surface area (Å²) < 4.78 is 5.06. The molecule has 3 heterocycles. The molecule has 0 bridgehead atoms. The van der Waals surface area contributed by atoms with Crippen molar-refractivity contribution >= 4 is 22.9 Å². The molecule has 2 aromatic heterocycles. The number of carbonyl (C=O) groups excluding carboxylic acids is 2. The van der Waals surface area contributed by atoms with E-state index in [-0.39, 0.29) is 17.5 Å². The zero-order chi connectivity index (χ0) is 19.0. The van der Waals surface area contributed by atoms with E-state index in [1.54, 1.807) is 30.0 Å². The van der Waals surface area contributed by atoms with Gasteiger partial charge in [-0.05, 0) is 31.5 Å². The summed E-state index contributed by atoms with van der Waals surface area (Å²) in [5, 5.41) is 6.85. The predicted molar refractivity (Wildman–Crippen MR) is 96.7 cm³/mol. The smallest absolute Gasteiger partial charge is 0.341 e. The Balaban J connectivity index is 1.52. The van der Waals surface area contributed by atoms with Crippen LogP contribution in [0.4, 0.5) is 0 Å². The second kappa shape index (κ2) is 6.75. The number of likely N-dealkylation sites (tertiary alicyclic amines) is 1. The van der Waals surface area contributed by atoms with Crippen LogP contribution in [0.25, 0.3) is 11.0 Å². The lowest BCUT2D eigenvalue weighted by Gasteiger charge is -2.16. The number of imidazole rings is 1. The van der Waals surface area contributed by atoms with Crippen molar-refractivity contribution < 1.29 is 14.3 Å². The van der Waals surface area contributed by atoms with Crippen molar-refractivity contribution in [2.45, 2.75) is 19.3 Å². The summed E-state index contributed by atoms with van der Waals surface area (Å²) in [5.41, 5.74) is 2.58. The van der Waals surface area contributed by atoms with E-state index in [0.29, 0.717) is 47.6 Å². The van der Waals surface area contributed by atoms with Gasteiger partial charge < -0.3 is 19.6 Å². The highest BCUT2D eigenvalue weighted by atomic mass is 16.5. The first kappa shape index (κ1) is 17.1. The lowest BCUT2D eigenvalue weighted by molar-refractivity contribution is 0.0524. The topological polar surface area (TPSA) is 124 Å².